The number of ether oxygens (including phenoxy) is 1. The minimum atomic E-state index is -0.584. The number of anilines is 1. The van der Waals surface area contributed by atoms with Crippen molar-refractivity contribution < 1.29 is 14.3 Å². The van der Waals surface area contributed by atoms with Crippen molar-refractivity contribution in [1.82, 2.24) is 9.13 Å². The Labute approximate surface area is 157 Å². The first-order valence-electron chi connectivity index (χ1n) is 8.17. The van der Waals surface area contributed by atoms with Crippen LogP contribution in [0.3, 0.4) is 0 Å². The molecule has 0 atom stereocenters. The van der Waals surface area contributed by atoms with Crippen LogP contribution < -0.4 is 16.6 Å². The number of esters is 1. The monoisotopic (exact) mass is 387 g/mol. The number of hydrogen-bond acceptors (Lipinski definition) is 6. The molecule has 1 N–H and O–H groups in total. The Kier molecular flexibility index (Phi) is 5.22. The fourth-order valence-electron chi connectivity index (χ4n) is 2.66. The van der Waals surface area contributed by atoms with Crippen LogP contribution in [-0.4, -0.2) is 27.6 Å². The largest absolute Gasteiger partial charge is 0.462 e. The van der Waals surface area contributed by atoms with E-state index < -0.39 is 23.1 Å². The number of hydrogen-bond donors (Lipinski definition) is 1. The summed E-state index contributed by atoms with van der Waals surface area (Å²) in [5.41, 5.74) is -0.0578. The van der Waals surface area contributed by atoms with Gasteiger partial charge < -0.3 is 10.1 Å². The van der Waals surface area contributed by atoms with Gasteiger partial charge in [-0.2, -0.15) is 0 Å². The van der Waals surface area contributed by atoms with Crippen LogP contribution in [-0.2, 0) is 23.1 Å². The van der Waals surface area contributed by atoms with Gasteiger partial charge in [-0.1, -0.05) is 12.1 Å². The van der Waals surface area contributed by atoms with E-state index >= 15 is 0 Å². The van der Waals surface area contributed by atoms with E-state index in [9.17, 15) is 19.2 Å². The second-order valence-electron chi connectivity index (χ2n) is 5.68. The molecule has 0 saturated carbocycles. The molecule has 27 heavy (non-hydrogen) atoms. The van der Waals surface area contributed by atoms with E-state index in [1.54, 1.807) is 42.6 Å². The molecular formula is C18H17N3O5S. The third-order valence-corrected chi connectivity index (χ3v) is 4.84. The molecule has 0 bridgehead atoms. The molecule has 2 heterocycles. The molecule has 0 unspecified atom stereocenters. The van der Waals surface area contributed by atoms with Crippen molar-refractivity contribution in [3.05, 3.63) is 62.1 Å². The van der Waals surface area contributed by atoms with Crippen LogP contribution in [0.4, 0.5) is 5.69 Å². The molecule has 1 amide bonds. The normalized spacial score (nSPS) is 10.7. The summed E-state index contributed by atoms with van der Waals surface area (Å²) >= 11 is 1.21. The van der Waals surface area contributed by atoms with Gasteiger partial charge in [-0.3, -0.25) is 18.7 Å². The van der Waals surface area contributed by atoms with E-state index in [0.717, 1.165) is 4.57 Å². The molecule has 0 aliphatic heterocycles. The van der Waals surface area contributed by atoms with E-state index in [2.05, 4.69) is 5.32 Å². The quantitative estimate of drug-likeness (QED) is 0.670. The molecule has 0 aliphatic carbocycles. The summed E-state index contributed by atoms with van der Waals surface area (Å²) in [5.74, 6) is -1.05. The van der Waals surface area contributed by atoms with Gasteiger partial charge in [0.2, 0.25) is 5.91 Å². The van der Waals surface area contributed by atoms with E-state index in [0.29, 0.717) is 15.9 Å². The SMILES string of the molecule is CCOC(=O)c1ccccc1NC(=O)Cn1c(=O)n(C)c(=O)c2sccc21. The number of benzene rings is 1. The maximum atomic E-state index is 12.5. The van der Waals surface area contributed by atoms with Gasteiger partial charge in [0.05, 0.1) is 23.4 Å². The lowest BCUT2D eigenvalue weighted by Crippen LogP contribution is -2.39. The van der Waals surface area contributed by atoms with E-state index in [-0.39, 0.29) is 18.7 Å². The fourth-order valence-corrected chi connectivity index (χ4v) is 3.53. The zero-order chi connectivity index (χ0) is 19.6. The molecular weight excluding hydrogens is 370 g/mol. The fraction of sp³-hybridized carbons (Fsp3) is 0.222. The van der Waals surface area contributed by atoms with Crippen molar-refractivity contribution in [1.29, 1.82) is 0 Å². The number of nitrogens with zero attached hydrogens (tertiary/aromatic N) is 2. The number of thiophene rings is 1. The minimum absolute atomic E-state index is 0.213. The Bertz CT molecular complexity index is 1140. The van der Waals surface area contributed by atoms with Gasteiger partial charge in [0.15, 0.2) is 0 Å². The van der Waals surface area contributed by atoms with Crippen LogP contribution in [0.5, 0.6) is 0 Å². The standard InChI is InChI=1S/C18H17N3O5S/c1-3-26-17(24)11-6-4-5-7-12(11)19-14(22)10-21-13-8-9-27-15(13)16(23)20(2)18(21)25/h4-9H,3,10H2,1-2H3,(H,19,22). The third-order valence-electron chi connectivity index (χ3n) is 3.95. The number of aromatic nitrogens is 2. The Morgan fingerprint density at radius 1 is 1.19 bits per heavy atom. The predicted octanol–water partition coefficient (Wildman–Crippen LogP) is 1.58. The van der Waals surface area contributed by atoms with Gasteiger partial charge in [0, 0.05) is 7.05 Å². The molecule has 0 saturated heterocycles. The van der Waals surface area contributed by atoms with Crippen LogP contribution in [0, 0.1) is 0 Å². The van der Waals surface area contributed by atoms with Crippen molar-refractivity contribution in [2.24, 2.45) is 7.05 Å². The zero-order valence-electron chi connectivity index (χ0n) is 14.7. The van der Waals surface area contributed by atoms with E-state index in [1.807, 2.05) is 0 Å². The maximum absolute atomic E-state index is 12.5. The first-order valence-corrected chi connectivity index (χ1v) is 9.05. The van der Waals surface area contributed by atoms with Gasteiger partial charge in [-0.15, -0.1) is 11.3 Å². The molecule has 0 fully saturated rings. The number of nitrogens with one attached hydrogen (secondary N) is 1. The highest BCUT2D eigenvalue weighted by atomic mass is 32.1. The molecule has 0 aliphatic rings. The average molecular weight is 387 g/mol. The number of carbonyl (C=O) groups is 2. The number of carbonyl (C=O) groups excluding carboxylic acids is 2. The van der Waals surface area contributed by atoms with Crippen molar-refractivity contribution in [2.75, 3.05) is 11.9 Å². The molecule has 3 rings (SSSR count). The molecule has 2 aromatic heterocycles. The lowest BCUT2D eigenvalue weighted by molar-refractivity contribution is -0.116. The van der Waals surface area contributed by atoms with Gasteiger partial charge in [-0.25, -0.2) is 9.59 Å². The highest BCUT2D eigenvalue weighted by molar-refractivity contribution is 7.17. The lowest BCUT2D eigenvalue weighted by Gasteiger charge is -2.12. The highest BCUT2D eigenvalue weighted by Crippen LogP contribution is 2.18. The molecule has 140 valence electrons. The Morgan fingerprint density at radius 2 is 1.93 bits per heavy atom. The van der Waals surface area contributed by atoms with Crippen molar-refractivity contribution >= 4 is 39.1 Å². The Hall–Kier alpha value is -3.20. The Morgan fingerprint density at radius 3 is 2.67 bits per heavy atom. The average Bonchev–Trinajstić information content (AvgIpc) is 3.14. The van der Waals surface area contributed by atoms with Gasteiger partial charge >= 0.3 is 11.7 Å². The third kappa shape index (κ3) is 3.54. The maximum Gasteiger partial charge on any atom is 0.340 e. The van der Waals surface area contributed by atoms with Crippen molar-refractivity contribution in [3.63, 3.8) is 0 Å². The van der Waals surface area contributed by atoms with Crippen LogP contribution in [0.1, 0.15) is 17.3 Å². The molecule has 0 radical (unpaired) electrons. The molecule has 1 aromatic carbocycles. The molecule has 0 spiro atoms. The molecule has 8 nitrogen and oxygen atoms in total. The molecule has 9 heteroatoms. The summed E-state index contributed by atoms with van der Waals surface area (Å²) < 4.78 is 7.58. The summed E-state index contributed by atoms with van der Waals surface area (Å²) in [4.78, 5) is 49.1. The second-order valence-corrected chi connectivity index (χ2v) is 6.60. The number of amides is 1. The summed E-state index contributed by atoms with van der Waals surface area (Å²) in [7, 11) is 1.37. The predicted molar refractivity (Wildman–Crippen MR) is 102 cm³/mol. The summed E-state index contributed by atoms with van der Waals surface area (Å²) in [5, 5.41) is 4.32. The number of para-hydroxylation sites is 1. The first-order chi connectivity index (χ1) is 12.9. The first kappa shape index (κ1) is 18.6. The topological polar surface area (TPSA) is 99.4 Å². The van der Waals surface area contributed by atoms with Crippen LogP contribution in [0.2, 0.25) is 0 Å². The van der Waals surface area contributed by atoms with Gasteiger partial charge in [-0.05, 0) is 30.5 Å². The van der Waals surface area contributed by atoms with Gasteiger partial charge in [0.1, 0.15) is 11.2 Å². The number of fused-ring (bicyclic) bond motifs is 1. The highest BCUT2D eigenvalue weighted by Gasteiger charge is 2.17. The zero-order valence-corrected chi connectivity index (χ0v) is 15.5. The number of rotatable bonds is 5. The summed E-state index contributed by atoms with van der Waals surface area (Å²) in [6.45, 7) is 1.61. The van der Waals surface area contributed by atoms with Crippen LogP contribution in [0.25, 0.3) is 10.2 Å². The lowest BCUT2D eigenvalue weighted by atomic mass is 10.2. The van der Waals surface area contributed by atoms with Crippen LogP contribution in [0.15, 0.2) is 45.3 Å². The Balaban J connectivity index is 1.92. The van der Waals surface area contributed by atoms with E-state index in [1.165, 1.54) is 23.0 Å². The van der Waals surface area contributed by atoms with Crippen molar-refractivity contribution in [2.45, 2.75) is 13.5 Å². The summed E-state index contributed by atoms with van der Waals surface area (Å²) in [6.07, 6.45) is 0. The van der Waals surface area contributed by atoms with Gasteiger partial charge in [0.25, 0.3) is 5.56 Å². The molecule has 3 aromatic rings. The summed E-state index contributed by atoms with van der Waals surface area (Å²) in [6, 6.07) is 8.08. The second kappa shape index (κ2) is 7.58. The van der Waals surface area contributed by atoms with E-state index in [4.69, 9.17) is 4.74 Å². The van der Waals surface area contributed by atoms with Crippen molar-refractivity contribution in [3.8, 4) is 0 Å². The smallest absolute Gasteiger partial charge is 0.340 e. The van der Waals surface area contributed by atoms with Crippen LogP contribution >= 0.6 is 11.3 Å². The minimum Gasteiger partial charge on any atom is -0.462 e.